The molecule has 1 amide bonds. The van der Waals surface area contributed by atoms with Gasteiger partial charge in [-0.05, 0) is 12.1 Å². The molecule has 0 saturated heterocycles. The van der Waals surface area contributed by atoms with E-state index in [0.717, 1.165) is 11.8 Å². The summed E-state index contributed by atoms with van der Waals surface area (Å²) in [7, 11) is 0. The van der Waals surface area contributed by atoms with E-state index >= 15 is 0 Å². The average Bonchev–Trinajstić information content (AvgIpc) is 2.51. The Labute approximate surface area is 150 Å². The Balaban J connectivity index is 1.99. The predicted molar refractivity (Wildman–Crippen MR) is 92.0 cm³/mol. The summed E-state index contributed by atoms with van der Waals surface area (Å²) in [5.41, 5.74) is 6.12. The third kappa shape index (κ3) is 4.62. The van der Waals surface area contributed by atoms with Crippen molar-refractivity contribution >= 4 is 64.0 Å². The summed E-state index contributed by atoms with van der Waals surface area (Å²) in [5, 5.41) is 12.5. The van der Waals surface area contributed by atoms with Gasteiger partial charge in [-0.15, -0.1) is 0 Å². The number of rotatable bonds is 4. The maximum atomic E-state index is 11.9. The predicted octanol–water partition coefficient (Wildman–Crippen LogP) is 3.62. The van der Waals surface area contributed by atoms with Crippen LogP contribution in [-0.4, -0.2) is 21.6 Å². The third-order valence-corrected chi connectivity index (χ3v) is 4.43. The molecule has 3 N–H and O–H groups in total. The van der Waals surface area contributed by atoms with Gasteiger partial charge in [0.05, 0.1) is 32.7 Å². The van der Waals surface area contributed by atoms with Crippen molar-refractivity contribution in [1.82, 2.24) is 9.97 Å². The fourth-order valence-corrected chi connectivity index (χ4v) is 2.69. The molecular weight excluding hydrogens is 381 g/mol. The molecule has 6 nitrogen and oxygen atoms in total. The molecule has 0 saturated carbocycles. The average molecular weight is 389 g/mol. The van der Waals surface area contributed by atoms with Crippen molar-refractivity contribution in [3.05, 3.63) is 39.0 Å². The second kappa shape index (κ2) is 7.70. The van der Waals surface area contributed by atoms with Crippen LogP contribution >= 0.6 is 46.6 Å². The zero-order valence-electron chi connectivity index (χ0n) is 11.3. The molecule has 0 spiro atoms. The van der Waals surface area contributed by atoms with Crippen LogP contribution in [0.4, 0.5) is 11.5 Å². The second-order valence-electron chi connectivity index (χ2n) is 4.15. The monoisotopic (exact) mass is 387 g/mol. The molecule has 1 heterocycles. The molecule has 23 heavy (non-hydrogen) atoms. The minimum Gasteiger partial charge on any atom is -0.382 e. The van der Waals surface area contributed by atoms with Crippen LogP contribution in [0.25, 0.3) is 0 Å². The summed E-state index contributed by atoms with van der Waals surface area (Å²) >= 11 is 18.7. The molecule has 0 unspecified atom stereocenters. The normalized spacial score (nSPS) is 10.2. The Morgan fingerprint density at radius 2 is 2.00 bits per heavy atom. The van der Waals surface area contributed by atoms with E-state index in [0.29, 0.717) is 10.7 Å². The molecule has 0 atom stereocenters. The van der Waals surface area contributed by atoms with Crippen LogP contribution in [0.3, 0.4) is 0 Å². The quantitative estimate of drug-likeness (QED) is 0.471. The first-order chi connectivity index (χ1) is 10.9. The van der Waals surface area contributed by atoms with Crippen LogP contribution < -0.4 is 11.1 Å². The highest BCUT2D eigenvalue weighted by Gasteiger charge is 2.11. The SMILES string of the molecule is N#Cc1cnc(SCC(=O)Nc2cc(Cl)c(Cl)cc2Cl)nc1N. The van der Waals surface area contributed by atoms with E-state index in [-0.39, 0.29) is 38.2 Å². The van der Waals surface area contributed by atoms with Crippen molar-refractivity contribution in [2.45, 2.75) is 5.16 Å². The molecule has 0 bridgehead atoms. The largest absolute Gasteiger partial charge is 0.382 e. The van der Waals surface area contributed by atoms with Crippen LogP contribution in [0, 0.1) is 11.3 Å². The van der Waals surface area contributed by atoms with Gasteiger partial charge in [0.1, 0.15) is 17.5 Å². The lowest BCUT2D eigenvalue weighted by Crippen LogP contribution is -2.14. The van der Waals surface area contributed by atoms with Gasteiger partial charge in [-0.1, -0.05) is 46.6 Å². The van der Waals surface area contributed by atoms with E-state index in [1.807, 2.05) is 6.07 Å². The van der Waals surface area contributed by atoms with Crippen LogP contribution in [0.15, 0.2) is 23.5 Å². The Bertz CT molecular complexity index is 809. The first kappa shape index (κ1) is 17.6. The molecule has 0 fully saturated rings. The van der Waals surface area contributed by atoms with Gasteiger partial charge in [-0.25, -0.2) is 9.97 Å². The number of nitrogens with one attached hydrogen (secondary N) is 1. The lowest BCUT2D eigenvalue weighted by molar-refractivity contribution is -0.113. The number of nitrogen functional groups attached to an aromatic ring is 1. The first-order valence-corrected chi connectivity index (χ1v) is 8.12. The Morgan fingerprint density at radius 3 is 2.65 bits per heavy atom. The van der Waals surface area contributed by atoms with Gasteiger partial charge in [0.2, 0.25) is 5.91 Å². The molecule has 0 aliphatic rings. The minimum atomic E-state index is -0.332. The standard InChI is InChI=1S/C13H8Cl3N5OS/c14-7-1-9(16)10(2-8(7)15)20-11(22)5-23-13-19-4-6(3-17)12(18)21-13/h1-2,4H,5H2,(H,20,22)(H2,18,19,21). The van der Waals surface area contributed by atoms with E-state index in [9.17, 15) is 4.79 Å². The Hall–Kier alpha value is -1.72. The van der Waals surface area contributed by atoms with Crippen LogP contribution in [0.5, 0.6) is 0 Å². The van der Waals surface area contributed by atoms with Crippen molar-refractivity contribution in [1.29, 1.82) is 5.26 Å². The van der Waals surface area contributed by atoms with Crippen molar-refractivity contribution in [2.24, 2.45) is 0 Å². The number of amides is 1. The highest BCUT2D eigenvalue weighted by molar-refractivity contribution is 7.99. The van der Waals surface area contributed by atoms with E-state index < -0.39 is 0 Å². The van der Waals surface area contributed by atoms with Gasteiger partial charge in [0, 0.05) is 0 Å². The zero-order valence-corrected chi connectivity index (χ0v) is 14.4. The smallest absolute Gasteiger partial charge is 0.234 e. The summed E-state index contributed by atoms with van der Waals surface area (Å²) in [6, 6.07) is 4.77. The van der Waals surface area contributed by atoms with E-state index in [1.54, 1.807) is 0 Å². The van der Waals surface area contributed by atoms with Crippen LogP contribution in [0.1, 0.15) is 5.56 Å². The molecule has 0 aliphatic heterocycles. The number of hydrogen-bond acceptors (Lipinski definition) is 6. The topological polar surface area (TPSA) is 105 Å². The molecular formula is C13H8Cl3N5OS. The number of benzene rings is 1. The van der Waals surface area contributed by atoms with Gasteiger partial charge in [0.25, 0.3) is 0 Å². The molecule has 0 aliphatic carbocycles. The molecule has 1 aromatic carbocycles. The summed E-state index contributed by atoms with van der Waals surface area (Å²) in [6.45, 7) is 0. The maximum absolute atomic E-state index is 11.9. The summed E-state index contributed by atoms with van der Waals surface area (Å²) in [5.74, 6) is -0.234. The van der Waals surface area contributed by atoms with Gasteiger partial charge >= 0.3 is 0 Å². The summed E-state index contributed by atoms with van der Waals surface area (Å²) in [6.07, 6.45) is 1.30. The van der Waals surface area contributed by atoms with E-state index in [4.69, 9.17) is 45.8 Å². The highest BCUT2D eigenvalue weighted by Crippen LogP contribution is 2.32. The molecule has 2 aromatic rings. The lowest BCUT2D eigenvalue weighted by Gasteiger charge is -2.08. The second-order valence-corrected chi connectivity index (χ2v) is 6.31. The number of nitriles is 1. The van der Waals surface area contributed by atoms with Crippen LogP contribution in [0.2, 0.25) is 15.1 Å². The fourth-order valence-electron chi connectivity index (χ4n) is 1.47. The molecule has 1 aromatic heterocycles. The van der Waals surface area contributed by atoms with Gasteiger partial charge in [-0.3, -0.25) is 4.79 Å². The van der Waals surface area contributed by atoms with Crippen molar-refractivity contribution in [3.8, 4) is 6.07 Å². The highest BCUT2D eigenvalue weighted by atomic mass is 35.5. The van der Waals surface area contributed by atoms with Crippen molar-refractivity contribution < 1.29 is 4.79 Å². The summed E-state index contributed by atoms with van der Waals surface area (Å²) < 4.78 is 0. The lowest BCUT2D eigenvalue weighted by atomic mass is 10.3. The molecule has 0 radical (unpaired) electrons. The van der Waals surface area contributed by atoms with E-state index in [2.05, 4.69) is 15.3 Å². The minimum absolute atomic E-state index is 0.0297. The number of halogens is 3. The number of carbonyl (C=O) groups is 1. The zero-order chi connectivity index (χ0) is 17.0. The number of aromatic nitrogens is 2. The number of hydrogen-bond donors (Lipinski definition) is 2. The third-order valence-electron chi connectivity index (χ3n) is 2.53. The van der Waals surface area contributed by atoms with Gasteiger partial charge in [-0.2, -0.15) is 5.26 Å². The molecule has 2 rings (SSSR count). The Morgan fingerprint density at radius 1 is 1.30 bits per heavy atom. The van der Waals surface area contributed by atoms with Crippen molar-refractivity contribution in [3.63, 3.8) is 0 Å². The summed E-state index contributed by atoms with van der Waals surface area (Å²) in [4.78, 5) is 19.8. The fraction of sp³-hybridized carbons (Fsp3) is 0.0769. The van der Waals surface area contributed by atoms with Gasteiger partial charge < -0.3 is 11.1 Å². The molecule has 118 valence electrons. The number of nitrogens with two attached hydrogens (primary N) is 1. The number of carbonyl (C=O) groups excluding carboxylic acids is 1. The maximum Gasteiger partial charge on any atom is 0.234 e. The number of thioether (sulfide) groups is 1. The van der Waals surface area contributed by atoms with Gasteiger partial charge in [0.15, 0.2) is 5.16 Å². The first-order valence-electron chi connectivity index (χ1n) is 6.00. The van der Waals surface area contributed by atoms with Crippen LogP contribution in [-0.2, 0) is 4.79 Å². The Kier molecular flexibility index (Phi) is 5.91. The number of nitrogens with zero attached hydrogens (tertiary/aromatic N) is 3. The molecule has 10 heteroatoms. The number of anilines is 2. The van der Waals surface area contributed by atoms with Crippen molar-refractivity contribution in [2.75, 3.05) is 16.8 Å². The van der Waals surface area contributed by atoms with E-state index in [1.165, 1.54) is 18.3 Å².